The van der Waals surface area contributed by atoms with Gasteiger partial charge in [0.2, 0.25) is 5.91 Å². The lowest BCUT2D eigenvalue weighted by molar-refractivity contribution is -0.119. The van der Waals surface area contributed by atoms with Gasteiger partial charge in [-0.3, -0.25) is 4.79 Å². The molecule has 1 aromatic heterocycles. The van der Waals surface area contributed by atoms with Gasteiger partial charge in [-0.05, 0) is 48.9 Å². The topological polar surface area (TPSA) is 59.8 Å². The Kier molecular flexibility index (Phi) is 6.28. The summed E-state index contributed by atoms with van der Waals surface area (Å²) < 4.78 is 15.9. The highest BCUT2D eigenvalue weighted by Gasteiger charge is 2.14. The molecular weight excluding hydrogens is 431 g/mol. The van der Waals surface area contributed by atoms with Gasteiger partial charge in [-0.25, -0.2) is 4.39 Å². The second kappa shape index (κ2) is 8.67. The van der Waals surface area contributed by atoms with Gasteiger partial charge in [-0.15, -0.1) is 10.2 Å². The molecule has 0 fully saturated rings. The van der Waals surface area contributed by atoms with Crippen molar-refractivity contribution in [1.29, 1.82) is 0 Å². The Balaban J connectivity index is 1.59. The predicted octanol–water partition coefficient (Wildman–Crippen LogP) is 4.35. The average molecular weight is 449 g/mol. The van der Waals surface area contributed by atoms with E-state index in [1.54, 1.807) is 16.7 Å². The number of thioether (sulfide) groups is 1. The molecule has 0 aliphatic rings. The first-order chi connectivity index (χ1) is 12.9. The smallest absolute Gasteiger partial charge is 0.230 e. The Morgan fingerprint density at radius 2 is 1.85 bits per heavy atom. The third-order valence-corrected chi connectivity index (χ3v) is 5.57. The number of benzene rings is 2. The number of nitrogens with one attached hydrogen (secondary N) is 1. The minimum Gasteiger partial charge on any atom is -0.349 e. The Labute approximate surface area is 169 Å². The van der Waals surface area contributed by atoms with E-state index in [-0.39, 0.29) is 23.5 Å². The van der Waals surface area contributed by atoms with E-state index in [1.165, 1.54) is 23.9 Å². The standard InChI is InChI=1S/C19H18BrFN4OS/c1-12(13-3-7-15(20)8-4-13)22-17(26)11-27-19-24-23-18(25(19)2)14-5-9-16(21)10-6-14/h3-10,12H,11H2,1-2H3,(H,22,26). The minimum atomic E-state index is -0.299. The average Bonchev–Trinajstić information content (AvgIpc) is 3.02. The van der Waals surface area contributed by atoms with Crippen molar-refractivity contribution >= 4 is 33.6 Å². The van der Waals surface area contributed by atoms with Gasteiger partial charge in [0.25, 0.3) is 0 Å². The fraction of sp³-hybridized carbons (Fsp3) is 0.211. The van der Waals surface area contributed by atoms with Crippen LogP contribution < -0.4 is 5.32 Å². The zero-order chi connectivity index (χ0) is 19.4. The van der Waals surface area contributed by atoms with Crippen molar-refractivity contribution in [3.8, 4) is 11.4 Å². The van der Waals surface area contributed by atoms with Crippen molar-refractivity contribution in [1.82, 2.24) is 20.1 Å². The minimum absolute atomic E-state index is 0.0817. The molecule has 5 nitrogen and oxygen atoms in total. The van der Waals surface area contributed by atoms with Gasteiger partial charge in [-0.2, -0.15) is 0 Å². The number of rotatable bonds is 6. The second-order valence-electron chi connectivity index (χ2n) is 6.00. The van der Waals surface area contributed by atoms with Gasteiger partial charge in [0, 0.05) is 17.1 Å². The Morgan fingerprint density at radius 1 is 1.19 bits per heavy atom. The first kappa shape index (κ1) is 19.6. The molecular formula is C19H18BrFN4OS. The monoisotopic (exact) mass is 448 g/mol. The summed E-state index contributed by atoms with van der Waals surface area (Å²) in [5, 5.41) is 11.9. The molecule has 3 aromatic rings. The number of carbonyl (C=O) groups excluding carboxylic acids is 1. The van der Waals surface area contributed by atoms with Gasteiger partial charge in [0.05, 0.1) is 11.8 Å². The van der Waals surface area contributed by atoms with Crippen LogP contribution in [0, 0.1) is 5.82 Å². The molecule has 0 saturated carbocycles. The first-order valence-electron chi connectivity index (χ1n) is 8.27. The maximum absolute atomic E-state index is 13.1. The van der Waals surface area contributed by atoms with E-state index in [1.807, 2.05) is 38.2 Å². The molecule has 0 spiro atoms. The highest BCUT2D eigenvalue weighted by molar-refractivity contribution is 9.10. The van der Waals surface area contributed by atoms with E-state index < -0.39 is 0 Å². The van der Waals surface area contributed by atoms with Crippen LogP contribution in [0.2, 0.25) is 0 Å². The lowest BCUT2D eigenvalue weighted by atomic mass is 10.1. The van der Waals surface area contributed by atoms with Gasteiger partial charge < -0.3 is 9.88 Å². The van der Waals surface area contributed by atoms with Crippen LogP contribution in [0.4, 0.5) is 4.39 Å². The maximum atomic E-state index is 13.1. The van der Waals surface area contributed by atoms with E-state index >= 15 is 0 Å². The zero-order valence-electron chi connectivity index (χ0n) is 14.8. The number of carbonyl (C=O) groups is 1. The lowest BCUT2D eigenvalue weighted by Crippen LogP contribution is -2.28. The summed E-state index contributed by atoms with van der Waals surface area (Å²) in [7, 11) is 1.82. The van der Waals surface area contributed by atoms with Crippen molar-refractivity contribution in [3.05, 3.63) is 64.4 Å². The number of halogens is 2. The molecule has 0 bridgehead atoms. The molecule has 0 radical (unpaired) electrons. The van der Waals surface area contributed by atoms with Crippen LogP contribution in [0.5, 0.6) is 0 Å². The summed E-state index contributed by atoms with van der Waals surface area (Å²) in [4.78, 5) is 12.3. The normalized spacial score (nSPS) is 12.0. The number of hydrogen-bond acceptors (Lipinski definition) is 4. The predicted molar refractivity (Wildman–Crippen MR) is 108 cm³/mol. The molecule has 1 heterocycles. The molecule has 0 saturated heterocycles. The van der Waals surface area contributed by atoms with Gasteiger partial charge in [0.15, 0.2) is 11.0 Å². The highest BCUT2D eigenvalue weighted by Crippen LogP contribution is 2.23. The van der Waals surface area contributed by atoms with Gasteiger partial charge in [0.1, 0.15) is 5.82 Å². The molecule has 1 N–H and O–H groups in total. The van der Waals surface area contributed by atoms with Crippen LogP contribution >= 0.6 is 27.7 Å². The Morgan fingerprint density at radius 3 is 2.52 bits per heavy atom. The molecule has 1 atom stereocenters. The molecule has 1 unspecified atom stereocenters. The quantitative estimate of drug-likeness (QED) is 0.569. The highest BCUT2D eigenvalue weighted by atomic mass is 79.9. The maximum Gasteiger partial charge on any atom is 0.230 e. The third kappa shape index (κ3) is 4.95. The first-order valence-corrected chi connectivity index (χ1v) is 10.0. The van der Waals surface area contributed by atoms with Gasteiger partial charge in [-0.1, -0.05) is 39.8 Å². The fourth-order valence-corrected chi connectivity index (χ4v) is 3.53. The SMILES string of the molecule is CC(NC(=O)CSc1nnc(-c2ccc(F)cc2)n1C)c1ccc(Br)cc1. The van der Waals surface area contributed by atoms with Crippen LogP contribution in [0.15, 0.2) is 58.2 Å². The molecule has 0 aliphatic heterocycles. The van der Waals surface area contributed by atoms with E-state index in [0.717, 1.165) is 15.6 Å². The van der Waals surface area contributed by atoms with E-state index in [4.69, 9.17) is 0 Å². The number of aromatic nitrogens is 3. The molecule has 140 valence electrons. The summed E-state index contributed by atoms with van der Waals surface area (Å²) in [6.45, 7) is 1.95. The summed E-state index contributed by atoms with van der Waals surface area (Å²) in [5.41, 5.74) is 1.81. The zero-order valence-corrected chi connectivity index (χ0v) is 17.2. The molecule has 1 amide bonds. The summed E-state index contributed by atoms with van der Waals surface area (Å²) in [6, 6.07) is 13.8. The van der Waals surface area contributed by atoms with Crippen LogP contribution in [0.25, 0.3) is 11.4 Å². The molecule has 2 aromatic carbocycles. The van der Waals surface area contributed by atoms with E-state index in [9.17, 15) is 9.18 Å². The van der Waals surface area contributed by atoms with Crippen molar-refractivity contribution in [3.63, 3.8) is 0 Å². The second-order valence-corrected chi connectivity index (χ2v) is 7.86. The molecule has 0 aliphatic carbocycles. The van der Waals surface area contributed by atoms with Crippen molar-refractivity contribution in [2.45, 2.75) is 18.1 Å². The third-order valence-electron chi connectivity index (χ3n) is 4.02. The van der Waals surface area contributed by atoms with Crippen molar-refractivity contribution in [2.75, 3.05) is 5.75 Å². The number of hydrogen-bond donors (Lipinski definition) is 1. The van der Waals surface area contributed by atoms with Crippen molar-refractivity contribution < 1.29 is 9.18 Å². The van der Waals surface area contributed by atoms with E-state index in [0.29, 0.717) is 11.0 Å². The number of amides is 1. The number of nitrogens with zero attached hydrogens (tertiary/aromatic N) is 3. The van der Waals surface area contributed by atoms with Crippen LogP contribution in [-0.2, 0) is 11.8 Å². The Hall–Kier alpha value is -2.19. The molecule has 27 heavy (non-hydrogen) atoms. The molecule has 8 heteroatoms. The summed E-state index contributed by atoms with van der Waals surface area (Å²) in [6.07, 6.45) is 0. The molecule has 3 rings (SSSR count). The Bertz CT molecular complexity index is 928. The fourth-order valence-electron chi connectivity index (χ4n) is 2.54. The van der Waals surface area contributed by atoms with Gasteiger partial charge >= 0.3 is 0 Å². The van der Waals surface area contributed by atoms with Crippen LogP contribution in [-0.4, -0.2) is 26.4 Å². The largest absolute Gasteiger partial charge is 0.349 e. The van der Waals surface area contributed by atoms with Crippen LogP contribution in [0.3, 0.4) is 0 Å². The van der Waals surface area contributed by atoms with E-state index in [2.05, 4.69) is 31.4 Å². The summed E-state index contributed by atoms with van der Waals surface area (Å²) in [5.74, 6) is 0.478. The lowest BCUT2D eigenvalue weighted by Gasteiger charge is -2.14. The van der Waals surface area contributed by atoms with Crippen LogP contribution in [0.1, 0.15) is 18.5 Å². The summed E-state index contributed by atoms with van der Waals surface area (Å²) >= 11 is 4.71. The van der Waals surface area contributed by atoms with Crippen molar-refractivity contribution in [2.24, 2.45) is 7.05 Å².